The molecule has 3 aromatic carbocycles. The molecular formula is C21H18ClN3O2S. The largest absolute Gasteiger partial charge is 0.327 e. The number of benzene rings is 3. The van der Waals surface area contributed by atoms with Crippen molar-refractivity contribution in [2.45, 2.75) is 11.8 Å². The Morgan fingerprint density at radius 3 is 2.32 bits per heavy atom. The first-order valence-corrected chi connectivity index (χ1v) is 10.5. The second kappa shape index (κ2) is 6.96. The zero-order valence-corrected chi connectivity index (χ0v) is 16.9. The van der Waals surface area contributed by atoms with Crippen LogP contribution < -0.4 is 4.72 Å². The molecule has 7 heteroatoms. The van der Waals surface area contributed by atoms with Crippen LogP contribution in [0.1, 0.15) is 5.56 Å². The van der Waals surface area contributed by atoms with Crippen molar-refractivity contribution in [3.63, 3.8) is 0 Å². The van der Waals surface area contributed by atoms with Crippen LogP contribution in [0.4, 0.5) is 5.69 Å². The normalized spacial score (nSPS) is 11.7. The summed E-state index contributed by atoms with van der Waals surface area (Å²) in [6, 6.07) is 19.5. The molecule has 4 rings (SSSR count). The van der Waals surface area contributed by atoms with E-state index in [1.807, 2.05) is 48.9 Å². The number of aryl methyl sites for hydroxylation is 2. The molecule has 0 aliphatic heterocycles. The molecule has 0 radical (unpaired) electrons. The molecule has 4 aromatic rings. The van der Waals surface area contributed by atoms with E-state index in [-0.39, 0.29) is 4.90 Å². The molecular weight excluding hydrogens is 394 g/mol. The van der Waals surface area contributed by atoms with Gasteiger partial charge < -0.3 is 4.57 Å². The summed E-state index contributed by atoms with van der Waals surface area (Å²) in [7, 11) is -1.73. The summed E-state index contributed by atoms with van der Waals surface area (Å²) < 4.78 is 29.8. The molecule has 5 nitrogen and oxygen atoms in total. The lowest BCUT2D eigenvalue weighted by molar-refractivity contribution is 0.601. The number of imidazole rings is 1. The van der Waals surface area contributed by atoms with Crippen molar-refractivity contribution >= 4 is 38.3 Å². The number of halogens is 1. The lowest BCUT2D eigenvalue weighted by Gasteiger charge is -2.08. The standard InChI is InChI=1S/C21H18ClN3O2S/c1-14-3-10-18(11-4-14)28(26,27)24-17-9-12-20-19(13-17)23-21(25(20)2)15-5-7-16(22)8-6-15/h3-13,24H,1-2H3. The second-order valence-corrected chi connectivity index (χ2v) is 8.74. The molecule has 0 fully saturated rings. The van der Waals surface area contributed by atoms with Crippen LogP contribution in [-0.2, 0) is 17.1 Å². The Kier molecular flexibility index (Phi) is 4.61. The zero-order valence-electron chi connectivity index (χ0n) is 15.3. The number of hydrogen-bond donors (Lipinski definition) is 1. The predicted molar refractivity (Wildman–Crippen MR) is 113 cm³/mol. The molecule has 0 saturated carbocycles. The van der Waals surface area contributed by atoms with Crippen LogP contribution in [0.2, 0.25) is 5.02 Å². The first-order valence-electron chi connectivity index (χ1n) is 8.65. The molecule has 0 atom stereocenters. The lowest BCUT2D eigenvalue weighted by atomic mass is 10.2. The first kappa shape index (κ1) is 18.5. The average molecular weight is 412 g/mol. The monoisotopic (exact) mass is 411 g/mol. The molecule has 0 spiro atoms. The van der Waals surface area contributed by atoms with E-state index in [0.717, 1.165) is 22.5 Å². The van der Waals surface area contributed by atoms with Gasteiger partial charge in [0.05, 0.1) is 21.6 Å². The molecule has 142 valence electrons. The van der Waals surface area contributed by atoms with E-state index >= 15 is 0 Å². The first-order chi connectivity index (χ1) is 13.3. The van der Waals surface area contributed by atoms with Crippen LogP contribution in [0.3, 0.4) is 0 Å². The van der Waals surface area contributed by atoms with Crippen molar-refractivity contribution < 1.29 is 8.42 Å². The number of sulfonamides is 1. The van der Waals surface area contributed by atoms with Gasteiger partial charge in [0.1, 0.15) is 5.82 Å². The summed E-state index contributed by atoms with van der Waals surface area (Å²) in [6.45, 7) is 1.91. The van der Waals surface area contributed by atoms with Crippen molar-refractivity contribution in [1.82, 2.24) is 9.55 Å². The average Bonchev–Trinajstić information content (AvgIpc) is 2.98. The van der Waals surface area contributed by atoms with Gasteiger partial charge in [-0.3, -0.25) is 4.72 Å². The van der Waals surface area contributed by atoms with Gasteiger partial charge in [0, 0.05) is 17.6 Å². The zero-order chi connectivity index (χ0) is 19.9. The van der Waals surface area contributed by atoms with E-state index < -0.39 is 10.0 Å². The minimum atomic E-state index is -3.66. The van der Waals surface area contributed by atoms with Gasteiger partial charge in [0.2, 0.25) is 0 Å². The molecule has 1 aromatic heterocycles. The highest BCUT2D eigenvalue weighted by molar-refractivity contribution is 7.92. The molecule has 0 aliphatic rings. The third-order valence-corrected chi connectivity index (χ3v) is 6.22. The summed E-state index contributed by atoms with van der Waals surface area (Å²) >= 11 is 5.97. The van der Waals surface area contributed by atoms with Gasteiger partial charge in [0.15, 0.2) is 0 Å². The summed E-state index contributed by atoms with van der Waals surface area (Å²) in [4.78, 5) is 4.90. The molecule has 0 unspecified atom stereocenters. The number of rotatable bonds is 4. The van der Waals surface area contributed by atoms with E-state index in [9.17, 15) is 8.42 Å². The van der Waals surface area contributed by atoms with Gasteiger partial charge in [-0.15, -0.1) is 0 Å². The lowest BCUT2D eigenvalue weighted by Crippen LogP contribution is -2.12. The number of anilines is 1. The minimum absolute atomic E-state index is 0.223. The van der Waals surface area contributed by atoms with Gasteiger partial charge in [-0.1, -0.05) is 29.3 Å². The van der Waals surface area contributed by atoms with Crippen LogP contribution in [0.25, 0.3) is 22.4 Å². The molecule has 0 amide bonds. The van der Waals surface area contributed by atoms with Crippen LogP contribution in [0, 0.1) is 6.92 Å². The fourth-order valence-corrected chi connectivity index (χ4v) is 4.23. The van der Waals surface area contributed by atoms with Crippen molar-refractivity contribution in [1.29, 1.82) is 0 Å². The Bertz CT molecular complexity index is 1260. The molecule has 1 heterocycles. The van der Waals surface area contributed by atoms with Gasteiger partial charge in [-0.2, -0.15) is 0 Å². The van der Waals surface area contributed by atoms with Gasteiger partial charge >= 0.3 is 0 Å². The fourth-order valence-electron chi connectivity index (χ4n) is 3.05. The van der Waals surface area contributed by atoms with Crippen molar-refractivity contribution in [3.8, 4) is 11.4 Å². The van der Waals surface area contributed by atoms with E-state index in [4.69, 9.17) is 11.6 Å². The number of fused-ring (bicyclic) bond motifs is 1. The van der Waals surface area contributed by atoms with E-state index in [2.05, 4.69) is 9.71 Å². The Morgan fingerprint density at radius 1 is 0.964 bits per heavy atom. The van der Waals surface area contributed by atoms with Gasteiger partial charge in [-0.25, -0.2) is 13.4 Å². The Labute approximate surface area is 168 Å². The Hall–Kier alpha value is -2.83. The van der Waals surface area contributed by atoms with Crippen LogP contribution in [0.15, 0.2) is 71.6 Å². The number of nitrogens with one attached hydrogen (secondary N) is 1. The summed E-state index contributed by atoms with van der Waals surface area (Å²) in [5.41, 5.74) is 4.02. The second-order valence-electron chi connectivity index (χ2n) is 6.62. The maximum Gasteiger partial charge on any atom is 0.261 e. The molecule has 0 aliphatic carbocycles. The van der Waals surface area contributed by atoms with Crippen LogP contribution in [-0.4, -0.2) is 18.0 Å². The highest BCUT2D eigenvalue weighted by Gasteiger charge is 2.16. The smallest absolute Gasteiger partial charge is 0.261 e. The third kappa shape index (κ3) is 3.48. The van der Waals surface area contributed by atoms with E-state index in [1.54, 1.807) is 36.4 Å². The molecule has 0 saturated heterocycles. The fraction of sp³-hybridized carbons (Fsp3) is 0.0952. The molecule has 28 heavy (non-hydrogen) atoms. The highest BCUT2D eigenvalue weighted by Crippen LogP contribution is 2.27. The Balaban J connectivity index is 1.70. The number of nitrogens with zero attached hydrogens (tertiary/aromatic N) is 2. The summed E-state index contributed by atoms with van der Waals surface area (Å²) in [6.07, 6.45) is 0. The van der Waals surface area contributed by atoms with Crippen LogP contribution in [0.5, 0.6) is 0 Å². The quantitative estimate of drug-likeness (QED) is 0.513. The van der Waals surface area contributed by atoms with E-state index in [0.29, 0.717) is 16.2 Å². The SMILES string of the molecule is Cc1ccc(S(=O)(=O)Nc2ccc3c(c2)nc(-c2ccc(Cl)cc2)n3C)cc1. The van der Waals surface area contributed by atoms with Gasteiger partial charge in [-0.05, 0) is 61.5 Å². The number of hydrogen-bond acceptors (Lipinski definition) is 3. The molecule has 0 bridgehead atoms. The van der Waals surface area contributed by atoms with Crippen molar-refractivity contribution in [2.75, 3.05) is 4.72 Å². The van der Waals surface area contributed by atoms with Crippen molar-refractivity contribution in [3.05, 3.63) is 77.3 Å². The summed E-state index contributed by atoms with van der Waals surface area (Å²) in [5.74, 6) is 0.783. The highest BCUT2D eigenvalue weighted by atomic mass is 35.5. The van der Waals surface area contributed by atoms with Crippen molar-refractivity contribution in [2.24, 2.45) is 7.05 Å². The summed E-state index contributed by atoms with van der Waals surface area (Å²) in [5, 5.41) is 0.662. The number of aromatic nitrogens is 2. The maximum absolute atomic E-state index is 12.6. The Morgan fingerprint density at radius 2 is 1.64 bits per heavy atom. The predicted octanol–water partition coefficient (Wildman–Crippen LogP) is 5.00. The topological polar surface area (TPSA) is 64.0 Å². The van der Waals surface area contributed by atoms with Crippen LogP contribution >= 0.6 is 11.6 Å². The van der Waals surface area contributed by atoms with E-state index in [1.165, 1.54) is 0 Å². The minimum Gasteiger partial charge on any atom is -0.327 e. The third-order valence-electron chi connectivity index (χ3n) is 4.57. The maximum atomic E-state index is 12.6. The van der Waals surface area contributed by atoms with Gasteiger partial charge in [0.25, 0.3) is 10.0 Å². The molecule has 1 N–H and O–H groups in total.